The molecule has 0 spiro atoms. The SMILES string of the molecule is O=C(Nc1nc2c(C(=O)CC3=NC=CC3)cccc2[nH]1)c1ccc(-c2ccc(C(F)(F)F)cn2)cc1. The average molecular weight is 489 g/mol. The van der Waals surface area contributed by atoms with Gasteiger partial charge < -0.3 is 4.98 Å². The first-order valence-corrected chi connectivity index (χ1v) is 11.0. The molecule has 0 atom stereocenters. The highest BCUT2D eigenvalue weighted by molar-refractivity contribution is 6.15. The van der Waals surface area contributed by atoms with Gasteiger partial charge in [0.25, 0.3) is 5.91 Å². The lowest BCUT2D eigenvalue weighted by molar-refractivity contribution is -0.137. The summed E-state index contributed by atoms with van der Waals surface area (Å²) in [5, 5.41) is 2.68. The predicted molar refractivity (Wildman–Crippen MR) is 129 cm³/mol. The van der Waals surface area contributed by atoms with Gasteiger partial charge in [0.05, 0.1) is 16.8 Å². The Labute approximate surface area is 202 Å². The normalized spacial score (nSPS) is 13.1. The number of carbonyl (C=O) groups is 2. The number of allylic oxidation sites excluding steroid dienone is 1. The summed E-state index contributed by atoms with van der Waals surface area (Å²) in [5.74, 6) is -0.372. The molecule has 1 aliphatic rings. The number of fused-ring (bicyclic) bond motifs is 1. The largest absolute Gasteiger partial charge is 0.417 e. The van der Waals surface area contributed by atoms with Gasteiger partial charge in [0.15, 0.2) is 5.78 Å². The Morgan fingerprint density at radius 2 is 1.83 bits per heavy atom. The fraction of sp³-hybridized carbons (Fsp3) is 0.115. The van der Waals surface area contributed by atoms with Crippen molar-refractivity contribution in [1.29, 1.82) is 0 Å². The van der Waals surface area contributed by atoms with Gasteiger partial charge in [0.2, 0.25) is 5.95 Å². The summed E-state index contributed by atoms with van der Waals surface area (Å²) < 4.78 is 38.2. The number of benzene rings is 2. The highest BCUT2D eigenvalue weighted by atomic mass is 19.4. The third-order valence-electron chi connectivity index (χ3n) is 5.66. The number of ketones is 1. The van der Waals surface area contributed by atoms with Gasteiger partial charge in [-0.25, -0.2) is 4.98 Å². The molecule has 7 nitrogen and oxygen atoms in total. The summed E-state index contributed by atoms with van der Waals surface area (Å²) in [7, 11) is 0. The number of hydrogen-bond acceptors (Lipinski definition) is 5. The molecule has 0 bridgehead atoms. The number of halogens is 3. The maximum atomic E-state index is 12.8. The van der Waals surface area contributed by atoms with Crippen LogP contribution < -0.4 is 5.32 Å². The maximum absolute atomic E-state index is 12.8. The number of aromatic nitrogens is 3. The standard InChI is InChI=1S/C26H18F3N5O2/c27-26(28,29)17-10-11-20(31-14-17)15-6-8-16(9-7-15)24(36)34-25-32-21-5-1-4-19(23(21)33-25)22(35)13-18-3-2-12-30-18/h1-2,4-12,14H,3,13H2,(H2,32,33,34,36). The number of hydrogen-bond donors (Lipinski definition) is 2. The molecule has 0 fully saturated rings. The van der Waals surface area contributed by atoms with Crippen LogP contribution >= 0.6 is 0 Å². The lowest BCUT2D eigenvalue weighted by atomic mass is 10.0. The monoisotopic (exact) mass is 489 g/mol. The van der Waals surface area contributed by atoms with E-state index >= 15 is 0 Å². The van der Waals surface area contributed by atoms with Crippen LogP contribution in [0.15, 0.2) is 78.1 Å². The van der Waals surface area contributed by atoms with Gasteiger partial charge >= 0.3 is 6.18 Å². The first kappa shape index (κ1) is 23.2. The molecule has 1 aliphatic heterocycles. The number of nitrogens with zero attached hydrogens (tertiary/aromatic N) is 3. The van der Waals surface area contributed by atoms with Crippen LogP contribution in [-0.2, 0) is 6.18 Å². The van der Waals surface area contributed by atoms with E-state index in [0.717, 1.165) is 18.0 Å². The number of anilines is 1. The van der Waals surface area contributed by atoms with Crippen molar-refractivity contribution in [3.8, 4) is 11.3 Å². The highest BCUT2D eigenvalue weighted by Crippen LogP contribution is 2.30. The molecule has 2 aromatic carbocycles. The van der Waals surface area contributed by atoms with Gasteiger partial charge in [0, 0.05) is 47.6 Å². The molecule has 2 aromatic heterocycles. The van der Waals surface area contributed by atoms with Crippen molar-refractivity contribution in [2.45, 2.75) is 19.0 Å². The maximum Gasteiger partial charge on any atom is 0.417 e. The van der Waals surface area contributed by atoms with Crippen molar-refractivity contribution in [2.75, 3.05) is 5.32 Å². The number of aliphatic imine (C=N–C) groups is 1. The number of H-pyrrole nitrogens is 1. The minimum atomic E-state index is -4.46. The topological polar surface area (TPSA) is 100 Å². The fourth-order valence-corrected chi connectivity index (χ4v) is 3.82. The molecular weight excluding hydrogens is 471 g/mol. The Morgan fingerprint density at radius 3 is 2.50 bits per heavy atom. The van der Waals surface area contributed by atoms with Crippen LogP contribution in [-0.4, -0.2) is 32.4 Å². The molecule has 0 saturated heterocycles. The van der Waals surface area contributed by atoms with Crippen LogP contribution in [0, 0.1) is 0 Å². The van der Waals surface area contributed by atoms with Gasteiger partial charge in [-0.2, -0.15) is 13.2 Å². The number of nitrogens with one attached hydrogen (secondary N) is 2. The lowest BCUT2D eigenvalue weighted by Crippen LogP contribution is -2.12. The third kappa shape index (κ3) is 4.78. The molecule has 0 unspecified atom stereocenters. The Balaban J connectivity index is 1.30. The zero-order valence-corrected chi connectivity index (χ0v) is 18.6. The zero-order chi connectivity index (χ0) is 25.3. The number of alkyl halides is 3. The summed E-state index contributed by atoms with van der Waals surface area (Å²) in [6, 6.07) is 13.7. The van der Waals surface area contributed by atoms with E-state index in [1.165, 1.54) is 18.2 Å². The second kappa shape index (κ2) is 9.21. The van der Waals surface area contributed by atoms with E-state index in [1.54, 1.807) is 36.5 Å². The van der Waals surface area contributed by atoms with E-state index in [4.69, 9.17) is 0 Å². The molecule has 10 heteroatoms. The van der Waals surface area contributed by atoms with Crippen LogP contribution in [0.2, 0.25) is 0 Å². The Kier molecular flexibility index (Phi) is 5.93. The molecule has 2 N–H and O–H groups in total. The number of Topliss-reactive ketones (excluding diaryl/α,β-unsaturated/α-hetero) is 1. The smallest absolute Gasteiger partial charge is 0.324 e. The zero-order valence-electron chi connectivity index (χ0n) is 18.6. The Hall–Kier alpha value is -4.60. The number of amides is 1. The van der Waals surface area contributed by atoms with Crippen molar-refractivity contribution in [1.82, 2.24) is 15.0 Å². The predicted octanol–water partition coefficient (Wildman–Crippen LogP) is 5.83. The molecule has 1 amide bonds. The van der Waals surface area contributed by atoms with Crippen LogP contribution in [0.3, 0.4) is 0 Å². The minimum absolute atomic E-state index is 0.111. The lowest BCUT2D eigenvalue weighted by Gasteiger charge is -2.07. The van der Waals surface area contributed by atoms with Crippen molar-refractivity contribution >= 4 is 34.4 Å². The number of carbonyl (C=O) groups excluding carboxylic acids is 2. The number of rotatable bonds is 6. The highest BCUT2D eigenvalue weighted by Gasteiger charge is 2.30. The summed E-state index contributed by atoms with van der Waals surface area (Å²) in [4.78, 5) is 41.0. The van der Waals surface area contributed by atoms with Gasteiger partial charge in [-0.3, -0.25) is 24.9 Å². The van der Waals surface area contributed by atoms with Crippen molar-refractivity contribution in [2.24, 2.45) is 4.99 Å². The summed E-state index contributed by atoms with van der Waals surface area (Å²) >= 11 is 0. The van der Waals surface area contributed by atoms with E-state index in [2.05, 4.69) is 25.3 Å². The van der Waals surface area contributed by atoms with Gasteiger partial charge in [-0.1, -0.05) is 24.3 Å². The first-order chi connectivity index (χ1) is 17.3. The number of imidazole rings is 1. The molecular formula is C26H18F3N5O2. The van der Waals surface area contributed by atoms with E-state index in [-0.39, 0.29) is 18.2 Å². The van der Waals surface area contributed by atoms with Crippen LogP contribution in [0.5, 0.6) is 0 Å². The molecule has 5 rings (SSSR count). The average Bonchev–Trinajstić information content (AvgIpc) is 3.52. The quantitative estimate of drug-likeness (QED) is 0.333. The van der Waals surface area contributed by atoms with Crippen molar-refractivity contribution < 1.29 is 22.8 Å². The summed E-state index contributed by atoms with van der Waals surface area (Å²) in [5.41, 5.74) is 2.68. The molecule has 0 aliphatic carbocycles. The summed E-state index contributed by atoms with van der Waals surface area (Å²) in [6.45, 7) is 0. The third-order valence-corrected chi connectivity index (χ3v) is 5.66. The van der Waals surface area contributed by atoms with E-state index in [0.29, 0.717) is 39.8 Å². The van der Waals surface area contributed by atoms with E-state index in [1.807, 2.05) is 6.08 Å². The van der Waals surface area contributed by atoms with Crippen molar-refractivity contribution in [3.05, 3.63) is 89.8 Å². The number of para-hydroxylation sites is 1. The van der Waals surface area contributed by atoms with Gasteiger partial charge in [-0.15, -0.1) is 0 Å². The molecule has 180 valence electrons. The molecule has 0 radical (unpaired) electrons. The summed E-state index contributed by atoms with van der Waals surface area (Å²) in [6.07, 6.45) is 0.725. The second-order valence-corrected chi connectivity index (χ2v) is 8.13. The van der Waals surface area contributed by atoms with Crippen molar-refractivity contribution in [3.63, 3.8) is 0 Å². The Morgan fingerprint density at radius 1 is 1.03 bits per heavy atom. The second-order valence-electron chi connectivity index (χ2n) is 8.13. The number of aromatic amines is 1. The molecule has 0 saturated carbocycles. The molecule has 4 aromatic rings. The molecule has 36 heavy (non-hydrogen) atoms. The Bertz CT molecular complexity index is 1520. The van der Waals surface area contributed by atoms with Gasteiger partial charge in [0.1, 0.15) is 5.52 Å². The van der Waals surface area contributed by atoms with E-state index < -0.39 is 17.6 Å². The van der Waals surface area contributed by atoms with E-state index in [9.17, 15) is 22.8 Å². The number of pyridine rings is 1. The first-order valence-electron chi connectivity index (χ1n) is 11.0. The van der Waals surface area contributed by atoms with Crippen LogP contribution in [0.4, 0.5) is 19.1 Å². The molecule has 3 heterocycles. The van der Waals surface area contributed by atoms with Crippen LogP contribution in [0.25, 0.3) is 22.3 Å². The van der Waals surface area contributed by atoms with Gasteiger partial charge in [-0.05, 0) is 36.4 Å². The minimum Gasteiger partial charge on any atom is -0.324 e. The van der Waals surface area contributed by atoms with Crippen LogP contribution in [0.1, 0.15) is 39.1 Å². The fourth-order valence-electron chi connectivity index (χ4n) is 3.82.